The zero-order valence-corrected chi connectivity index (χ0v) is 7.70. The van der Waals surface area contributed by atoms with Gasteiger partial charge in [0, 0.05) is 0 Å². The van der Waals surface area contributed by atoms with E-state index >= 15 is 0 Å². The highest BCUT2D eigenvalue weighted by Crippen LogP contribution is 2.21. The molecule has 72 valence electrons. The van der Waals surface area contributed by atoms with Crippen molar-refractivity contribution in [2.75, 3.05) is 6.54 Å². The van der Waals surface area contributed by atoms with E-state index in [1.807, 2.05) is 0 Å². The Labute approximate surface area is 81.0 Å². The first-order valence-corrected chi connectivity index (χ1v) is 4.82. The van der Waals surface area contributed by atoms with Crippen molar-refractivity contribution in [3.8, 4) is 0 Å². The van der Waals surface area contributed by atoms with Gasteiger partial charge in [0.15, 0.2) is 5.65 Å². The van der Waals surface area contributed by atoms with Gasteiger partial charge in [-0.25, -0.2) is 15.0 Å². The molecule has 1 aliphatic heterocycles. The molecule has 14 heavy (non-hydrogen) atoms. The summed E-state index contributed by atoms with van der Waals surface area (Å²) in [7, 11) is 0. The summed E-state index contributed by atoms with van der Waals surface area (Å²) < 4.78 is 0. The van der Waals surface area contributed by atoms with Crippen LogP contribution in [0.15, 0.2) is 12.5 Å². The fraction of sp³-hybridized carbons (Fsp3) is 0.444. The number of nitrogens with one attached hydrogen (secondary N) is 2. The fourth-order valence-corrected chi connectivity index (χ4v) is 1.86. The van der Waals surface area contributed by atoms with E-state index in [9.17, 15) is 0 Å². The largest absolute Gasteiger partial charge is 0.338 e. The highest BCUT2D eigenvalue weighted by Gasteiger charge is 2.19. The molecule has 0 aliphatic carbocycles. The van der Waals surface area contributed by atoms with Crippen LogP contribution in [0.3, 0.4) is 0 Å². The van der Waals surface area contributed by atoms with Gasteiger partial charge >= 0.3 is 0 Å². The number of fused-ring (bicyclic) bond motifs is 1. The molecule has 1 aliphatic rings. The van der Waals surface area contributed by atoms with Gasteiger partial charge in [-0.3, -0.25) is 0 Å². The lowest BCUT2D eigenvalue weighted by molar-refractivity contribution is 0.614. The van der Waals surface area contributed by atoms with Gasteiger partial charge in [-0.15, -0.1) is 0 Å². The molecule has 1 atom stereocenters. The molecule has 0 spiro atoms. The van der Waals surface area contributed by atoms with Gasteiger partial charge in [-0.2, -0.15) is 0 Å². The smallest absolute Gasteiger partial charge is 0.180 e. The second-order valence-corrected chi connectivity index (χ2v) is 3.53. The predicted octanol–water partition coefficient (Wildman–Crippen LogP) is 0.777. The van der Waals surface area contributed by atoms with Crippen LogP contribution < -0.4 is 5.32 Å². The van der Waals surface area contributed by atoms with Crippen LogP contribution in [0.25, 0.3) is 11.2 Å². The van der Waals surface area contributed by atoms with Crippen LogP contribution in [0.2, 0.25) is 0 Å². The molecule has 2 aromatic heterocycles. The lowest BCUT2D eigenvalue weighted by Gasteiger charge is -2.04. The van der Waals surface area contributed by atoms with Crippen molar-refractivity contribution in [1.29, 1.82) is 0 Å². The maximum absolute atomic E-state index is 4.43. The Morgan fingerprint density at radius 3 is 3.21 bits per heavy atom. The van der Waals surface area contributed by atoms with Crippen LogP contribution in [-0.2, 0) is 0 Å². The summed E-state index contributed by atoms with van der Waals surface area (Å²) >= 11 is 0. The van der Waals surface area contributed by atoms with E-state index in [4.69, 9.17) is 0 Å². The number of hydrogen-bond acceptors (Lipinski definition) is 4. The van der Waals surface area contributed by atoms with Gasteiger partial charge in [-0.05, 0) is 19.4 Å². The van der Waals surface area contributed by atoms with Crippen LogP contribution in [-0.4, -0.2) is 26.5 Å². The van der Waals surface area contributed by atoms with E-state index in [2.05, 4.69) is 25.3 Å². The first-order chi connectivity index (χ1) is 6.93. The van der Waals surface area contributed by atoms with Crippen molar-refractivity contribution in [1.82, 2.24) is 25.3 Å². The maximum atomic E-state index is 4.43. The van der Waals surface area contributed by atoms with Gasteiger partial charge in [0.2, 0.25) is 0 Å². The van der Waals surface area contributed by atoms with E-state index < -0.39 is 0 Å². The van der Waals surface area contributed by atoms with E-state index in [-0.39, 0.29) is 0 Å². The number of hydrogen-bond donors (Lipinski definition) is 2. The van der Waals surface area contributed by atoms with E-state index in [1.54, 1.807) is 6.20 Å². The van der Waals surface area contributed by atoms with E-state index in [1.165, 1.54) is 12.7 Å². The molecule has 2 N–H and O–H groups in total. The SMILES string of the molecule is c1ncc2[nH]c(C3CCCN3)nc2n1. The molecule has 0 saturated carbocycles. The summed E-state index contributed by atoms with van der Waals surface area (Å²) in [6.07, 6.45) is 5.64. The standard InChI is InChI=1S/C9H11N5/c1-2-6(11-3-1)9-13-7-4-10-5-12-8(7)14-9/h4-6,11H,1-3H2,(H,10,12,13,14). The zero-order valence-electron chi connectivity index (χ0n) is 7.70. The Balaban J connectivity index is 2.05. The minimum Gasteiger partial charge on any atom is -0.338 e. The van der Waals surface area contributed by atoms with Gasteiger partial charge < -0.3 is 10.3 Å². The zero-order chi connectivity index (χ0) is 9.38. The Morgan fingerprint density at radius 2 is 2.43 bits per heavy atom. The number of aromatic nitrogens is 4. The lowest BCUT2D eigenvalue weighted by atomic mass is 10.2. The van der Waals surface area contributed by atoms with Gasteiger partial charge in [0.25, 0.3) is 0 Å². The first-order valence-electron chi connectivity index (χ1n) is 4.82. The van der Waals surface area contributed by atoms with Crippen LogP contribution in [0.1, 0.15) is 24.7 Å². The van der Waals surface area contributed by atoms with Crippen LogP contribution in [0.4, 0.5) is 0 Å². The van der Waals surface area contributed by atoms with Crippen molar-refractivity contribution < 1.29 is 0 Å². The molecule has 0 radical (unpaired) electrons. The lowest BCUT2D eigenvalue weighted by Crippen LogP contribution is -2.14. The molecule has 0 aromatic carbocycles. The molecule has 0 bridgehead atoms. The molecular formula is C9H11N5. The summed E-state index contributed by atoms with van der Waals surface area (Å²) in [5.74, 6) is 0.984. The van der Waals surface area contributed by atoms with Crippen LogP contribution >= 0.6 is 0 Å². The Hall–Kier alpha value is -1.49. The van der Waals surface area contributed by atoms with Crippen molar-refractivity contribution >= 4 is 11.2 Å². The summed E-state index contributed by atoms with van der Waals surface area (Å²) in [5.41, 5.74) is 1.67. The average Bonchev–Trinajstić information content (AvgIpc) is 2.86. The third-order valence-corrected chi connectivity index (χ3v) is 2.57. The number of aromatic amines is 1. The topological polar surface area (TPSA) is 66.5 Å². The highest BCUT2D eigenvalue weighted by atomic mass is 15.1. The second-order valence-electron chi connectivity index (χ2n) is 3.53. The summed E-state index contributed by atoms with van der Waals surface area (Å²) in [5, 5.41) is 3.39. The molecular weight excluding hydrogens is 178 g/mol. The van der Waals surface area contributed by atoms with Crippen LogP contribution in [0, 0.1) is 0 Å². The Kier molecular flexibility index (Phi) is 1.70. The summed E-state index contributed by atoms with van der Waals surface area (Å²) in [4.78, 5) is 15.7. The molecule has 3 heterocycles. The summed E-state index contributed by atoms with van der Waals surface area (Å²) in [6, 6.07) is 0.365. The van der Waals surface area contributed by atoms with Crippen LogP contribution in [0.5, 0.6) is 0 Å². The highest BCUT2D eigenvalue weighted by molar-refractivity contribution is 5.68. The van der Waals surface area contributed by atoms with Crippen molar-refractivity contribution in [2.24, 2.45) is 0 Å². The number of imidazole rings is 1. The molecule has 1 saturated heterocycles. The molecule has 1 unspecified atom stereocenters. The minimum atomic E-state index is 0.365. The molecule has 5 heteroatoms. The van der Waals surface area contributed by atoms with E-state index in [0.29, 0.717) is 6.04 Å². The minimum absolute atomic E-state index is 0.365. The Bertz CT molecular complexity index is 410. The molecule has 3 rings (SSSR count). The number of rotatable bonds is 1. The monoisotopic (exact) mass is 189 g/mol. The number of nitrogens with zero attached hydrogens (tertiary/aromatic N) is 3. The normalized spacial score (nSPS) is 21.9. The average molecular weight is 189 g/mol. The molecule has 5 nitrogen and oxygen atoms in total. The van der Waals surface area contributed by atoms with Crippen molar-refractivity contribution in [2.45, 2.75) is 18.9 Å². The van der Waals surface area contributed by atoms with Gasteiger partial charge in [0.1, 0.15) is 17.7 Å². The van der Waals surface area contributed by atoms with Gasteiger partial charge in [0.05, 0.1) is 12.2 Å². The third kappa shape index (κ3) is 1.17. The van der Waals surface area contributed by atoms with E-state index in [0.717, 1.165) is 30.0 Å². The van der Waals surface area contributed by atoms with Crippen molar-refractivity contribution in [3.05, 3.63) is 18.3 Å². The third-order valence-electron chi connectivity index (χ3n) is 2.57. The quantitative estimate of drug-likeness (QED) is 0.695. The second kappa shape index (κ2) is 3.02. The maximum Gasteiger partial charge on any atom is 0.180 e. The van der Waals surface area contributed by atoms with Gasteiger partial charge in [-0.1, -0.05) is 0 Å². The summed E-state index contributed by atoms with van der Waals surface area (Å²) in [6.45, 7) is 1.08. The Morgan fingerprint density at radius 1 is 1.43 bits per heavy atom. The predicted molar refractivity (Wildman–Crippen MR) is 51.7 cm³/mol. The fourth-order valence-electron chi connectivity index (χ4n) is 1.86. The number of H-pyrrole nitrogens is 1. The van der Waals surface area contributed by atoms with Crippen molar-refractivity contribution in [3.63, 3.8) is 0 Å². The first kappa shape index (κ1) is 7.87. The molecule has 1 fully saturated rings. The molecule has 2 aromatic rings. The molecule has 0 amide bonds.